The van der Waals surface area contributed by atoms with Crippen LogP contribution in [0.2, 0.25) is 0 Å². The molecule has 1 aliphatic rings. The molecule has 4 aromatic rings. The number of amides is 1. The van der Waals surface area contributed by atoms with Gasteiger partial charge in [-0.3, -0.25) is 14.8 Å². The molecule has 1 amide bonds. The molecule has 1 N–H and O–H groups in total. The van der Waals surface area contributed by atoms with Gasteiger partial charge in [0.2, 0.25) is 0 Å². The highest BCUT2D eigenvalue weighted by atomic mass is 32.1. The van der Waals surface area contributed by atoms with Crippen LogP contribution in [0, 0.1) is 5.82 Å². The quantitative estimate of drug-likeness (QED) is 0.478. The van der Waals surface area contributed by atoms with E-state index in [1.54, 1.807) is 30.7 Å². The van der Waals surface area contributed by atoms with Gasteiger partial charge in [-0.2, -0.15) is 5.10 Å². The first-order valence-corrected chi connectivity index (χ1v) is 10.7. The number of aromatic nitrogens is 2. The number of hydrogen-bond acceptors (Lipinski definition) is 6. The number of pyridine rings is 2. The normalized spacial score (nSPS) is 15.6. The maximum Gasteiger partial charge on any atom is 0.284 e. The molecule has 0 fully saturated rings. The predicted molar refractivity (Wildman–Crippen MR) is 120 cm³/mol. The lowest BCUT2D eigenvalue weighted by Crippen LogP contribution is -2.26. The molecule has 0 saturated carbocycles. The zero-order chi connectivity index (χ0) is 22.1. The van der Waals surface area contributed by atoms with Crippen molar-refractivity contribution in [2.45, 2.75) is 12.5 Å². The highest BCUT2D eigenvalue weighted by Crippen LogP contribution is 2.39. The predicted octanol–water partition coefficient (Wildman–Crippen LogP) is 5.04. The largest absolute Gasteiger partial charge is 0.507 e. The van der Waals surface area contributed by atoms with Gasteiger partial charge in [0, 0.05) is 42.2 Å². The molecule has 6 nitrogen and oxygen atoms in total. The Morgan fingerprint density at radius 3 is 2.75 bits per heavy atom. The van der Waals surface area contributed by atoms with Gasteiger partial charge < -0.3 is 5.11 Å². The van der Waals surface area contributed by atoms with E-state index >= 15 is 0 Å². The van der Waals surface area contributed by atoms with E-state index in [4.69, 9.17) is 0 Å². The first-order chi connectivity index (χ1) is 15.6. The third-order valence-electron chi connectivity index (χ3n) is 5.20. The molecule has 32 heavy (non-hydrogen) atoms. The molecule has 0 saturated heterocycles. The molecule has 158 valence electrons. The zero-order valence-corrected chi connectivity index (χ0v) is 17.5. The van der Waals surface area contributed by atoms with Crippen molar-refractivity contribution in [3.63, 3.8) is 0 Å². The first kappa shape index (κ1) is 20.0. The van der Waals surface area contributed by atoms with Crippen LogP contribution in [0.25, 0.3) is 10.6 Å². The van der Waals surface area contributed by atoms with Crippen LogP contribution in [-0.2, 0) is 0 Å². The van der Waals surface area contributed by atoms with E-state index in [0.29, 0.717) is 22.6 Å². The van der Waals surface area contributed by atoms with Gasteiger partial charge in [-0.15, -0.1) is 11.3 Å². The van der Waals surface area contributed by atoms with Gasteiger partial charge in [-0.05, 0) is 36.4 Å². The lowest BCUT2D eigenvalue weighted by Gasteiger charge is -2.22. The van der Waals surface area contributed by atoms with Crippen LogP contribution in [-0.4, -0.2) is 31.7 Å². The monoisotopic (exact) mass is 444 g/mol. The lowest BCUT2D eigenvalue weighted by molar-refractivity contribution is 0.0714. The maximum absolute atomic E-state index is 13.6. The van der Waals surface area contributed by atoms with Crippen LogP contribution in [0.5, 0.6) is 5.75 Å². The molecule has 4 heterocycles. The summed E-state index contributed by atoms with van der Waals surface area (Å²) >= 11 is 1.32. The summed E-state index contributed by atoms with van der Waals surface area (Å²) < 4.78 is 13.6. The van der Waals surface area contributed by atoms with Crippen LogP contribution in [0.15, 0.2) is 84.4 Å². The van der Waals surface area contributed by atoms with Crippen LogP contribution < -0.4 is 0 Å². The van der Waals surface area contributed by atoms with Crippen molar-refractivity contribution >= 4 is 23.0 Å². The molecule has 1 aliphatic heterocycles. The van der Waals surface area contributed by atoms with Crippen LogP contribution in [0.1, 0.15) is 33.3 Å². The first-order valence-electron chi connectivity index (χ1n) is 9.91. The Morgan fingerprint density at radius 1 is 1.09 bits per heavy atom. The minimum Gasteiger partial charge on any atom is -0.507 e. The second-order valence-corrected chi connectivity index (χ2v) is 8.32. The molecular weight excluding hydrogens is 427 g/mol. The molecule has 0 radical (unpaired) electrons. The summed E-state index contributed by atoms with van der Waals surface area (Å²) in [7, 11) is 0. The van der Waals surface area contributed by atoms with E-state index < -0.39 is 11.9 Å². The summed E-state index contributed by atoms with van der Waals surface area (Å²) in [6, 6.07) is 16.1. The van der Waals surface area contributed by atoms with E-state index in [1.165, 1.54) is 28.5 Å². The molecule has 1 aromatic carbocycles. The summed E-state index contributed by atoms with van der Waals surface area (Å²) in [5.74, 6) is -1.06. The minimum atomic E-state index is -0.571. The molecule has 8 heteroatoms. The van der Waals surface area contributed by atoms with Crippen molar-refractivity contribution in [3.05, 3.63) is 101 Å². The fourth-order valence-corrected chi connectivity index (χ4v) is 4.57. The van der Waals surface area contributed by atoms with Crippen molar-refractivity contribution in [3.8, 4) is 16.3 Å². The van der Waals surface area contributed by atoms with E-state index in [9.17, 15) is 14.3 Å². The SMILES string of the molecule is O=C(c1ccc(-c2ccccn2)s1)N1N=C(c2cccnc2)CC1c1ccc(F)cc1O. The third kappa shape index (κ3) is 3.76. The van der Waals surface area contributed by atoms with E-state index in [-0.39, 0.29) is 11.7 Å². The smallest absolute Gasteiger partial charge is 0.284 e. The number of carbonyl (C=O) groups is 1. The Morgan fingerprint density at radius 2 is 2.00 bits per heavy atom. The van der Waals surface area contributed by atoms with Crippen molar-refractivity contribution in [2.24, 2.45) is 5.10 Å². The zero-order valence-electron chi connectivity index (χ0n) is 16.7. The number of aromatic hydroxyl groups is 1. The van der Waals surface area contributed by atoms with Gasteiger partial charge in [-0.1, -0.05) is 18.2 Å². The van der Waals surface area contributed by atoms with Crippen molar-refractivity contribution < 1.29 is 14.3 Å². The number of benzene rings is 1. The number of carbonyl (C=O) groups excluding carboxylic acids is 1. The topological polar surface area (TPSA) is 78.7 Å². The fourth-order valence-electron chi connectivity index (χ4n) is 3.66. The lowest BCUT2D eigenvalue weighted by atomic mass is 9.98. The summed E-state index contributed by atoms with van der Waals surface area (Å²) in [5, 5.41) is 16.3. The summed E-state index contributed by atoms with van der Waals surface area (Å²) in [6.45, 7) is 0. The second-order valence-electron chi connectivity index (χ2n) is 7.24. The summed E-state index contributed by atoms with van der Waals surface area (Å²) in [6.07, 6.45) is 5.42. The number of hydrazone groups is 1. The third-order valence-corrected chi connectivity index (χ3v) is 6.29. The number of phenolic OH excluding ortho intramolecular Hbond substituents is 1. The van der Waals surface area contributed by atoms with Crippen LogP contribution in [0.3, 0.4) is 0 Å². The number of nitrogens with zero attached hydrogens (tertiary/aromatic N) is 4. The van der Waals surface area contributed by atoms with Crippen molar-refractivity contribution in [1.82, 2.24) is 15.0 Å². The molecule has 1 unspecified atom stereocenters. The fraction of sp³-hybridized carbons (Fsp3) is 0.0833. The number of thiophene rings is 1. The highest BCUT2D eigenvalue weighted by Gasteiger charge is 2.36. The standard InChI is InChI=1S/C24H17FN4O2S/c25-16-6-7-17(21(30)12-16)20-13-19(15-4-3-10-26-14-15)28-29(20)24(31)23-9-8-22(32-23)18-5-1-2-11-27-18/h1-12,14,20,30H,13H2. The minimum absolute atomic E-state index is 0.212. The Balaban J connectivity index is 1.52. The highest BCUT2D eigenvalue weighted by molar-refractivity contribution is 7.17. The number of halogens is 1. The van der Waals surface area contributed by atoms with Gasteiger partial charge in [0.05, 0.1) is 27.2 Å². The Kier molecular flexibility index (Phi) is 5.20. The van der Waals surface area contributed by atoms with E-state index in [2.05, 4.69) is 15.1 Å². The van der Waals surface area contributed by atoms with Gasteiger partial charge in [-0.25, -0.2) is 9.40 Å². The van der Waals surface area contributed by atoms with Crippen LogP contribution in [0.4, 0.5) is 4.39 Å². The van der Waals surface area contributed by atoms with E-state index in [1.807, 2.05) is 30.3 Å². The summed E-state index contributed by atoms with van der Waals surface area (Å²) in [4.78, 5) is 23.3. The van der Waals surface area contributed by atoms with Gasteiger partial charge in [0.25, 0.3) is 5.91 Å². The average Bonchev–Trinajstić information content (AvgIpc) is 3.48. The number of phenols is 1. The number of rotatable bonds is 4. The van der Waals surface area contributed by atoms with Crippen molar-refractivity contribution in [1.29, 1.82) is 0 Å². The molecule has 5 rings (SSSR count). The average molecular weight is 444 g/mol. The molecule has 0 bridgehead atoms. The molecule has 0 aliphatic carbocycles. The van der Waals surface area contributed by atoms with E-state index in [0.717, 1.165) is 22.2 Å². The molecule has 1 atom stereocenters. The van der Waals surface area contributed by atoms with Gasteiger partial charge in [0.1, 0.15) is 11.6 Å². The van der Waals surface area contributed by atoms with Crippen LogP contribution >= 0.6 is 11.3 Å². The Bertz CT molecular complexity index is 1310. The number of hydrogen-bond donors (Lipinski definition) is 1. The van der Waals surface area contributed by atoms with Gasteiger partial charge >= 0.3 is 0 Å². The summed E-state index contributed by atoms with van der Waals surface area (Å²) in [5.41, 5.74) is 2.67. The van der Waals surface area contributed by atoms with Crippen molar-refractivity contribution in [2.75, 3.05) is 0 Å². The van der Waals surface area contributed by atoms with Gasteiger partial charge in [0.15, 0.2) is 0 Å². The second kappa shape index (κ2) is 8.32. The maximum atomic E-state index is 13.6. The molecule has 3 aromatic heterocycles. The molecule has 0 spiro atoms. The molecular formula is C24H17FN4O2S. The Hall–Kier alpha value is -3.91. The Labute approximate surface area is 187 Å².